The summed E-state index contributed by atoms with van der Waals surface area (Å²) in [6, 6.07) is 5.82. The van der Waals surface area contributed by atoms with Crippen LogP contribution in [0.2, 0.25) is 0 Å². The van der Waals surface area contributed by atoms with Gasteiger partial charge in [0, 0.05) is 12.3 Å². The van der Waals surface area contributed by atoms with Crippen LogP contribution in [-0.2, 0) is 11.2 Å². The Labute approximate surface area is 104 Å². The van der Waals surface area contributed by atoms with Crippen LogP contribution in [0.4, 0.5) is 0 Å². The van der Waals surface area contributed by atoms with E-state index in [0.29, 0.717) is 18.1 Å². The van der Waals surface area contributed by atoms with Gasteiger partial charge in [-0.3, -0.25) is 4.79 Å². The smallest absolute Gasteiger partial charge is 0.140 e. The van der Waals surface area contributed by atoms with E-state index in [2.05, 4.69) is 15.9 Å². The highest BCUT2D eigenvalue weighted by Crippen LogP contribution is 2.30. The fraction of sp³-hybridized carbons (Fsp3) is 0.462. The summed E-state index contributed by atoms with van der Waals surface area (Å²) in [5.41, 5.74) is 1.06. The number of Topliss-reactive ketones (excluding diaryl/α,β-unsaturated/α-hetero) is 1. The molecule has 0 amide bonds. The maximum absolute atomic E-state index is 11.8. The first-order valence-corrected chi connectivity index (χ1v) is 6.35. The molecule has 0 saturated heterocycles. The zero-order chi connectivity index (χ0) is 11.5. The minimum atomic E-state index is 0.320. The first-order valence-electron chi connectivity index (χ1n) is 5.56. The van der Waals surface area contributed by atoms with Crippen LogP contribution >= 0.6 is 15.9 Å². The summed E-state index contributed by atoms with van der Waals surface area (Å²) < 4.78 is 6.06. The van der Waals surface area contributed by atoms with Crippen molar-refractivity contribution in [3.8, 4) is 5.75 Å². The molecule has 0 spiro atoms. The molecule has 0 aromatic heterocycles. The van der Waals surface area contributed by atoms with Gasteiger partial charge in [-0.05, 0) is 46.5 Å². The Morgan fingerprint density at radius 2 is 2.25 bits per heavy atom. The minimum absolute atomic E-state index is 0.320. The Morgan fingerprint density at radius 3 is 2.75 bits per heavy atom. The molecular formula is C13H15BrO2. The van der Waals surface area contributed by atoms with Crippen molar-refractivity contribution in [3.05, 3.63) is 28.2 Å². The maximum Gasteiger partial charge on any atom is 0.140 e. The number of hydrogen-bond donors (Lipinski definition) is 0. The largest absolute Gasteiger partial charge is 0.496 e. The normalized spacial score (nSPS) is 15.6. The first-order chi connectivity index (χ1) is 7.70. The van der Waals surface area contributed by atoms with Crippen molar-refractivity contribution < 1.29 is 9.53 Å². The second-order valence-corrected chi connectivity index (χ2v) is 5.09. The lowest BCUT2D eigenvalue weighted by Crippen LogP contribution is -2.23. The lowest BCUT2D eigenvalue weighted by molar-refractivity contribution is -0.124. The summed E-state index contributed by atoms with van der Waals surface area (Å²) in [4.78, 5) is 11.8. The summed E-state index contributed by atoms with van der Waals surface area (Å²) in [5, 5.41) is 0. The summed E-state index contributed by atoms with van der Waals surface area (Å²) in [6.45, 7) is 0. The number of benzene rings is 1. The maximum atomic E-state index is 11.8. The quantitative estimate of drug-likeness (QED) is 0.846. The van der Waals surface area contributed by atoms with Gasteiger partial charge in [0.25, 0.3) is 0 Å². The van der Waals surface area contributed by atoms with Gasteiger partial charge < -0.3 is 4.74 Å². The SMILES string of the molecule is COc1ccc(CC(=O)C2CCC2)cc1Br. The lowest BCUT2D eigenvalue weighted by Gasteiger charge is -2.23. The molecule has 2 rings (SSSR count). The molecule has 2 nitrogen and oxygen atoms in total. The summed E-state index contributed by atoms with van der Waals surface area (Å²) in [7, 11) is 1.64. The molecule has 1 aliphatic rings. The molecule has 1 aliphatic carbocycles. The molecule has 0 unspecified atom stereocenters. The Hall–Kier alpha value is -0.830. The van der Waals surface area contributed by atoms with Gasteiger partial charge in [-0.25, -0.2) is 0 Å². The average molecular weight is 283 g/mol. The highest BCUT2D eigenvalue weighted by Gasteiger charge is 2.24. The predicted octanol–water partition coefficient (Wildman–Crippen LogP) is 3.37. The molecular weight excluding hydrogens is 268 g/mol. The number of carbonyl (C=O) groups is 1. The Bertz CT molecular complexity index is 397. The highest BCUT2D eigenvalue weighted by atomic mass is 79.9. The van der Waals surface area contributed by atoms with Crippen LogP contribution in [0.3, 0.4) is 0 Å². The lowest BCUT2D eigenvalue weighted by atomic mass is 9.80. The molecule has 0 atom stereocenters. The van der Waals surface area contributed by atoms with E-state index in [9.17, 15) is 4.79 Å². The third-order valence-electron chi connectivity index (χ3n) is 3.16. The number of ether oxygens (including phenoxy) is 1. The number of methoxy groups -OCH3 is 1. The van der Waals surface area contributed by atoms with Crippen LogP contribution in [0.25, 0.3) is 0 Å². The van der Waals surface area contributed by atoms with Crippen molar-refractivity contribution >= 4 is 21.7 Å². The molecule has 0 N–H and O–H groups in total. The van der Waals surface area contributed by atoms with E-state index in [-0.39, 0.29) is 0 Å². The van der Waals surface area contributed by atoms with E-state index in [1.54, 1.807) is 7.11 Å². The summed E-state index contributed by atoms with van der Waals surface area (Å²) in [5.74, 6) is 1.50. The first kappa shape index (κ1) is 11.6. The molecule has 1 aromatic rings. The molecule has 0 bridgehead atoms. The number of halogens is 1. The van der Waals surface area contributed by atoms with Crippen molar-refractivity contribution in [2.24, 2.45) is 5.92 Å². The molecule has 1 fully saturated rings. The predicted molar refractivity (Wildman–Crippen MR) is 66.7 cm³/mol. The Morgan fingerprint density at radius 1 is 1.50 bits per heavy atom. The second kappa shape index (κ2) is 5.00. The fourth-order valence-electron chi connectivity index (χ4n) is 1.90. The molecule has 0 heterocycles. The minimum Gasteiger partial charge on any atom is -0.496 e. The van der Waals surface area contributed by atoms with Crippen LogP contribution in [0.5, 0.6) is 5.75 Å². The van der Waals surface area contributed by atoms with Crippen LogP contribution < -0.4 is 4.74 Å². The van der Waals surface area contributed by atoms with E-state index in [4.69, 9.17) is 4.74 Å². The number of ketones is 1. The van der Waals surface area contributed by atoms with Crippen molar-refractivity contribution in [1.82, 2.24) is 0 Å². The standard InChI is InChI=1S/C13H15BrO2/c1-16-13-6-5-9(7-11(13)14)8-12(15)10-3-2-4-10/h5-7,10H,2-4,8H2,1H3. The van der Waals surface area contributed by atoms with Crippen LogP contribution in [0.1, 0.15) is 24.8 Å². The third-order valence-corrected chi connectivity index (χ3v) is 3.77. The van der Waals surface area contributed by atoms with E-state index in [1.165, 1.54) is 6.42 Å². The van der Waals surface area contributed by atoms with Crippen LogP contribution in [-0.4, -0.2) is 12.9 Å². The average Bonchev–Trinajstić information content (AvgIpc) is 2.15. The second-order valence-electron chi connectivity index (χ2n) is 4.24. The molecule has 0 radical (unpaired) electrons. The van der Waals surface area contributed by atoms with Gasteiger partial charge in [-0.1, -0.05) is 12.5 Å². The third kappa shape index (κ3) is 2.46. The monoisotopic (exact) mass is 282 g/mol. The molecule has 86 valence electrons. The van der Waals surface area contributed by atoms with Crippen LogP contribution in [0, 0.1) is 5.92 Å². The highest BCUT2D eigenvalue weighted by molar-refractivity contribution is 9.10. The van der Waals surface area contributed by atoms with Gasteiger partial charge in [0.2, 0.25) is 0 Å². The fourth-order valence-corrected chi connectivity index (χ4v) is 2.48. The van der Waals surface area contributed by atoms with E-state index >= 15 is 0 Å². The zero-order valence-corrected chi connectivity index (χ0v) is 10.9. The van der Waals surface area contributed by atoms with E-state index in [0.717, 1.165) is 28.6 Å². The van der Waals surface area contributed by atoms with E-state index < -0.39 is 0 Å². The Balaban J connectivity index is 2.03. The summed E-state index contributed by atoms with van der Waals surface area (Å²) in [6.07, 6.45) is 3.92. The van der Waals surface area contributed by atoms with Crippen molar-refractivity contribution in [1.29, 1.82) is 0 Å². The molecule has 1 aromatic carbocycles. The van der Waals surface area contributed by atoms with Gasteiger partial charge in [-0.2, -0.15) is 0 Å². The van der Waals surface area contributed by atoms with Gasteiger partial charge in [0.05, 0.1) is 11.6 Å². The van der Waals surface area contributed by atoms with Gasteiger partial charge in [0.15, 0.2) is 0 Å². The van der Waals surface area contributed by atoms with Crippen molar-refractivity contribution in [2.75, 3.05) is 7.11 Å². The number of hydrogen-bond acceptors (Lipinski definition) is 2. The molecule has 3 heteroatoms. The van der Waals surface area contributed by atoms with Gasteiger partial charge in [0.1, 0.15) is 11.5 Å². The van der Waals surface area contributed by atoms with Crippen LogP contribution in [0.15, 0.2) is 22.7 Å². The van der Waals surface area contributed by atoms with Crippen molar-refractivity contribution in [3.63, 3.8) is 0 Å². The molecule has 1 saturated carbocycles. The Kier molecular flexibility index (Phi) is 3.64. The van der Waals surface area contributed by atoms with Crippen molar-refractivity contribution in [2.45, 2.75) is 25.7 Å². The molecule has 0 aliphatic heterocycles. The number of carbonyl (C=O) groups excluding carboxylic acids is 1. The van der Waals surface area contributed by atoms with E-state index in [1.807, 2.05) is 18.2 Å². The molecule has 16 heavy (non-hydrogen) atoms. The number of rotatable bonds is 4. The zero-order valence-electron chi connectivity index (χ0n) is 9.33. The topological polar surface area (TPSA) is 26.3 Å². The van der Waals surface area contributed by atoms with Gasteiger partial charge >= 0.3 is 0 Å². The summed E-state index contributed by atoms with van der Waals surface area (Å²) >= 11 is 3.43. The van der Waals surface area contributed by atoms with Gasteiger partial charge in [-0.15, -0.1) is 0 Å².